The molecule has 0 aliphatic rings. The third-order valence-electron chi connectivity index (χ3n) is 3.01. The van der Waals surface area contributed by atoms with Crippen LogP contribution in [-0.4, -0.2) is 37.1 Å². The summed E-state index contributed by atoms with van der Waals surface area (Å²) in [5.41, 5.74) is 0. The molecule has 0 spiro atoms. The molecule has 2 nitrogen and oxygen atoms in total. The van der Waals surface area contributed by atoms with Gasteiger partial charge < -0.3 is 5.32 Å². The van der Waals surface area contributed by atoms with Crippen molar-refractivity contribution in [1.29, 1.82) is 0 Å². The Morgan fingerprint density at radius 2 is 1.86 bits per heavy atom. The van der Waals surface area contributed by atoms with E-state index in [1.54, 1.807) is 0 Å². The molecule has 0 rings (SSSR count). The van der Waals surface area contributed by atoms with Crippen molar-refractivity contribution < 1.29 is 0 Å². The Morgan fingerprint density at radius 3 is 2.29 bits per heavy atom. The van der Waals surface area contributed by atoms with Crippen molar-refractivity contribution in [2.75, 3.05) is 20.1 Å². The number of unbranched alkanes of at least 4 members (excludes halogenated alkanes) is 1. The monoisotopic (exact) mass is 200 g/mol. The molecular formula is C12H28N2. The molecule has 0 amide bonds. The van der Waals surface area contributed by atoms with Gasteiger partial charge in [0.15, 0.2) is 0 Å². The Labute approximate surface area is 90.1 Å². The summed E-state index contributed by atoms with van der Waals surface area (Å²) in [6, 6.07) is 1.32. The van der Waals surface area contributed by atoms with Crippen molar-refractivity contribution in [2.45, 2.75) is 59.0 Å². The molecule has 0 aromatic rings. The standard InChI is InChI=1S/C12H28N2/c1-6-8-9-14(12(4)7-2)10-11(3)13-5/h11-13H,6-10H2,1-5H3. The van der Waals surface area contributed by atoms with Crippen LogP contribution in [0.1, 0.15) is 47.0 Å². The van der Waals surface area contributed by atoms with Crippen LogP contribution < -0.4 is 5.32 Å². The van der Waals surface area contributed by atoms with Gasteiger partial charge in [-0.1, -0.05) is 20.3 Å². The normalized spacial score (nSPS) is 15.9. The van der Waals surface area contributed by atoms with E-state index in [0.29, 0.717) is 6.04 Å². The lowest BCUT2D eigenvalue weighted by molar-refractivity contribution is 0.185. The van der Waals surface area contributed by atoms with E-state index in [2.05, 4.69) is 37.9 Å². The van der Waals surface area contributed by atoms with Crippen LogP contribution in [0, 0.1) is 0 Å². The van der Waals surface area contributed by atoms with Gasteiger partial charge in [0.2, 0.25) is 0 Å². The highest BCUT2D eigenvalue weighted by molar-refractivity contribution is 4.71. The van der Waals surface area contributed by atoms with Gasteiger partial charge in [0.25, 0.3) is 0 Å². The van der Waals surface area contributed by atoms with Crippen LogP contribution in [0.2, 0.25) is 0 Å². The largest absolute Gasteiger partial charge is 0.316 e. The molecule has 2 atom stereocenters. The van der Waals surface area contributed by atoms with E-state index in [-0.39, 0.29) is 0 Å². The SMILES string of the molecule is CCCCN(CC(C)NC)C(C)CC. The summed E-state index contributed by atoms with van der Waals surface area (Å²) < 4.78 is 0. The van der Waals surface area contributed by atoms with E-state index in [9.17, 15) is 0 Å². The lowest BCUT2D eigenvalue weighted by Gasteiger charge is -2.30. The average Bonchev–Trinajstić information content (AvgIpc) is 2.22. The lowest BCUT2D eigenvalue weighted by Crippen LogP contribution is -2.42. The third-order valence-corrected chi connectivity index (χ3v) is 3.01. The Morgan fingerprint density at radius 1 is 1.21 bits per heavy atom. The van der Waals surface area contributed by atoms with Gasteiger partial charge >= 0.3 is 0 Å². The Bertz CT molecular complexity index is 125. The van der Waals surface area contributed by atoms with Crippen LogP contribution in [0.3, 0.4) is 0 Å². The molecule has 0 aromatic carbocycles. The molecule has 0 saturated heterocycles. The maximum Gasteiger partial charge on any atom is 0.0163 e. The molecule has 86 valence electrons. The van der Waals surface area contributed by atoms with Crippen LogP contribution in [0.5, 0.6) is 0 Å². The van der Waals surface area contributed by atoms with Gasteiger partial charge in [0.1, 0.15) is 0 Å². The zero-order valence-electron chi connectivity index (χ0n) is 10.6. The first-order chi connectivity index (χ1) is 6.65. The number of hydrogen-bond acceptors (Lipinski definition) is 2. The molecule has 0 fully saturated rings. The van der Waals surface area contributed by atoms with Crippen LogP contribution in [0.15, 0.2) is 0 Å². The predicted molar refractivity (Wildman–Crippen MR) is 64.8 cm³/mol. The second kappa shape index (κ2) is 8.25. The van der Waals surface area contributed by atoms with Gasteiger partial charge in [-0.05, 0) is 40.3 Å². The summed E-state index contributed by atoms with van der Waals surface area (Å²) in [6.07, 6.45) is 3.86. The van der Waals surface area contributed by atoms with E-state index < -0.39 is 0 Å². The quantitative estimate of drug-likeness (QED) is 0.647. The van der Waals surface area contributed by atoms with Crippen molar-refractivity contribution in [3.8, 4) is 0 Å². The summed E-state index contributed by atoms with van der Waals surface area (Å²) in [4.78, 5) is 2.60. The van der Waals surface area contributed by atoms with E-state index in [0.717, 1.165) is 6.04 Å². The topological polar surface area (TPSA) is 15.3 Å². The molecule has 2 heteroatoms. The van der Waals surface area contributed by atoms with Crippen molar-refractivity contribution >= 4 is 0 Å². The molecular weight excluding hydrogens is 172 g/mol. The zero-order valence-corrected chi connectivity index (χ0v) is 10.6. The van der Waals surface area contributed by atoms with Crippen molar-refractivity contribution in [3.05, 3.63) is 0 Å². The van der Waals surface area contributed by atoms with E-state index in [1.807, 2.05) is 7.05 Å². The fourth-order valence-electron chi connectivity index (χ4n) is 1.55. The van der Waals surface area contributed by atoms with Crippen molar-refractivity contribution in [1.82, 2.24) is 10.2 Å². The summed E-state index contributed by atoms with van der Waals surface area (Å²) >= 11 is 0. The van der Waals surface area contributed by atoms with Gasteiger partial charge in [0.05, 0.1) is 0 Å². The first kappa shape index (κ1) is 13.9. The highest BCUT2D eigenvalue weighted by Gasteiger charge is 2.13. The Kier molecular flexibility index (Phi) is 8.20. The fraction of sp³-hybridized carbons (Fsp3) is 1.00. The summed E-state index contributed by atoms with van der Waals surface area (Å²) in [5, 5.41) is 3.31. The van der Waals surface area contributed by atoms with Gasteiger partial charge in [-0.3, -0.25) is 4.90 Å². The van der Waals surface area contributed by atoms with Crippen molar-refractivity contribution in [2.24, 2.45) is 0 Å². The maximum atomic E-state index is 3.31. The van der Waals surface area contributed by atoms with E-state index >= 15 is 0 Å². The fourth-order valence-corrected chi connectivity index (χ4v) is 1.55. The molecule has 1 N–H and O–H groups in total. The Balaban J connectivity index is 3.96. The molecule has 0 aromatic heterocycles. The van der Waals surface area contributed by atoms with Crippen molar-refractivity contribution in [3.63, 3.8) is 0 Å². The van der Waals surface area contributed by atoms with Crippen LogP contribution in [0.25, 0.3) is 0 Å². The Hall–Kier alpha value is -0.0800. The number of nitrogens with one attached hydrogen (secondary N) is 1. The van der Waals surface area contributed by atoms with Gasteiger partial charge in [-0.2, -0.15) is 0 Å². The zero-order chi connectivity index (χ0) is 11.0. The first-order valence-electron chi connectivity index (χ1n) is 6.06. The molecule has 0 saturated carbocycles. The van der Waals surface area contributed by atoms with E-state index in [4.69, 9.17) is 0 Å². The molecule has 0 aliphatic heterocycles. The molecule has 14 heavy (non-hydrogen) atoms. The van der Waals surface area contributed by atoms with Crippen LogP contribution in [0.4, 0.5) is 0 Å². The second-order valence-electron chi connectivity index (χ2n) is 4.30. The molecule has 0 heterocycles. The van der Waals surface area contributed by atoms with Crippen LogP contribution >= 0.6 is 0 Å². The molecule has 2 unspecified atom stereocenters. The predicted octanol–water partition coefficient (Wildman–Crippen LogP) is 2.49. The summed E-state index contributed by atoms with van der Waals surface area (Å²) in [5.74, 6) is 0. The summed E-state index contributed by atoms with van der Waals surface area (Å²) in [7, 11) is 2.04. The van der Waals surface area contributed by atoms with Gasteiger partial charge in [-0.25, -0.2) is 0 Å². The second-order valence-corrected chi connectivity index (χ2v) is 4.30. The minimum Gasteiger partial charge on any atom is -0.316 e. The van der Waals surface area contributed by atoms with E-state index in [1.165, 1.54) is 32.4 Å². The number of hydrogen-bond donors (Lipinski definition) is 1. The number of rotatable bonds is 8. The lowest BCUT2D eigenvalue weighted by atomic mass is 10.1. The molecule has 0 bridgehead atoms. The number of nitrogens with zero attached hydrogens (tertiary/aromatic N) is 1. The van der Waals surface area contributed by atoms with Crippen LogP contribution in [-0.2, 0) is 0 Å². The average molecular weight is 200 g/mol. The minimum absolute atomic E-state index is 0.598. The third kappa shape index (κ3) is 5.61. The highest BCUT2D eigenvalue weighted by atomic mass is 15.2. The first-order valence-corrected chi connectivity index (χ1v) is 6.06. The maximum absolute atomic E-state index is 3.31. The number of likely N-dealkylation sites (N-methyl/N-ethyl adjacent to an activating group) is 1. The molecule has 0 radical (unpaired) electrons. The summed E-state index contributed by atoms with van der Waals surface area (Å²) in [6.45, 7) is 11.5. The highest BCUT2D eigenvalue weighted by Crippen LogP contribution is 2.06. The van der Waals surface area contributed by atoms with Gasteiger partial charge in [0, 0.05) is 18.6 Å². The smallest absolute Gasteiger partial charge is 0.0163 e. The molecule has 0 aliphatic carbocycles. The minimum atomic E-state index is 0.598. The van der Waals surface area contributed by atoms with Gasteiger partial charge in [-0.15, -0.1) is 0 Å².